The molecule has 0 bridgehead atoms. The second-order valence-corrected chi connectivity index (χ2v) is 4.12. The van der Waals surface area contributed by atoms with Crippen LogP contribution in [-0.2, 0) is 6.42 Å². The monoisotopic (exact) mass is 261 g/mol. The van der Waals surface area contributed by atoms with Crippen molar-refractivity contribution in [3.05, 3.63) is 47.3 Å². The molecule has 19 heavy (non-hydrogen) atoms. The summed E-state index contributed by atoms with van der Waals surface area (Å²) in [5.41, 5.74) is 7.59. The smallest absolute Gasteiger partial charge is 0.176 e. The van der Waals surface area contributed by atoms with Gasteiger partial charge < -0.3 is 5.73 Å². The SMILES string of the molecule is Nc1n[nH]c2ncc(Cc3cc(F)cc(F)c3)nc12. The molecule has 0 aliphatic rings. The van der Waals surface area contributed by atoms with Crippen LogP contribution < -0.4 is 5.73 Å². The molecule has 1 aromatic carbocycles. The number of benzene rings is 1. The highest BCUT2D eigenvalue weighted by Gasteiger charge is 2.08. The van der Waals surface area contributed by atoms with E-state index in [9.17, 15) is 8.78 Å². The zero-order chi connectivity index (χ0) is 13.4. The number of nitrogen functional groups attached to an aromatic ring is 1. The molecule has 0 amide bonds. The molecule has 3 aromatic rings. The molecular formula is C12H9F2N5. The fourth-order valence-electron chi connectivity index (χ4n) is 1.86. The van der Waals surface area contributed by atoms with Gasteiger partial charge in [0, 0.05) is 12.5 Å². The molecule has 5 nitrogen and oxygen atoms in total. The lowest BCUT2D eigenvalue weighted by Gasteiger charge is -2.02. The molecule has 0 aliphatic carbocycles. The van der Waals surface area contributed by atoms with Crippen molar-refractivity contribution in [2.75, 3.05) is 5.73 Å². The predicted octanol–water partition coefficient (Wildman–Crippen LogP) is 1.80. The van der Waals surface area contributed by atoms with Gasteiger partial charge >= 0.3 is 0 Å². The van der Waals surface area contributed by atoms with E-state index in [0.29, 0.717) is 22.4 Å². The quantitative estimate of drug-likeness (QED) is 0.737. The maximum atomic E-state index is 13.1. The maximum Gasteiger partial charge on any atom is 0.176 e. The first-order chi connectivity index (χ1) is 9.11. The number of halogens is 2. The van der Waals surface area contributed by atoms with E-state index in [4.69, 9.17) is 5.73 Å². The highest BCUT2D eigenvalue weighted by Crippen LogP contribution is 2.16. The largest absolute Gasteiger partial charge is 0.380 e. The number of anilines is 1. The average molecular weight is 261 g/mol. The standard InChI is InChI=1S/C12H9F2N5/c13-7-1-6(2-8(14)4-7)3-9-5-16-12-10(17-9)11(15)18-19-12/h1-2,4-5H,3H2,(H3,15,16,18,19). The van der Waals surface area contributed by atoms with Crippen molar-refractivity contribution in [3.8, 4) is 0 Å². The van der Waals surface area contributed by atoms with Gasteiger partial charge in [-0.2, -0.15) is 5.10 Å². The lowest BCUT2D eigenvalue weighted by molar-refractivity contribution is 0.580. The first kappa shape index (κ1) is 11.5. The molecule has 2 aromatic heterocycles. The van der Waals surface area contributed by atoms with Crippen LogP contribution in [0, 0.1) is 11.6 Å². The number of aromatic amines is 1. The molecule has 0 spiro atoms. The summed E-state index contributed by atoms with van der Waals surface area (Å²) in [6.45, 7) is 0. The number of fused-ring (bicyclic) bond motifs is 1. The van der Waals surface area contributed by atoms with Gasteiger partial charge in [-0.05, 0) is 17.7 Å². The van der Waals surface area contributed by atoms with Gasteiger partial charge in [0.1, 0.15) is 11.6 Å². The molecule has 2 heterocycles. The van der Waals surface area contributed by atoms with Crippen molar-refractivity contribution in [2.24, 2.45) is 0 Å². The molecule has 0 saturated carbocycles. The van der Waals surface area contributed by atoms with E-state index in [2.05, 4.69) is 20.2 Å². The Morgan fingerprint density at radius 1 is 1.16 bits per heavy atom. The summed E-state index contributed by atoms with van der Waals surface area (Å²) in [5, 5.41) is 6.41. The number of nitrogens with zero attached hydrogens (tertiary/aromatic N) is 3. The van der Waals surface area contributed by atoms with Gasteiger partial charge in [-0.15, -0.1) is 0 Å². The van der Waals surface area contributed by atoms with Crippen molar-refractivity contribution in [3.63, 3.8) is 0 Å². The van der Waals surface area contributed by atoms with Crippen LogP contribution in [0.25, 0.3) is 11.2 Å². The predicted molar refractivity (Wildman–Crippen MR) is 65.3 cm³/mol. The van der Waals surface area contributed by atoms with Crippen molar-refractivity contribution >= 4 is 17.0 Å². The second kappa shape index (κ2) is 4.27. The van der Waals surface area contributed by atoms with Gasteiger partial charge in [0.2, 0.25) is 0 Å². The van der Waals surface area contributed by atoms with E-state index < -0.39 is 11.6 Å². The Morgan fingerprint density at radius 3 is 2.63 bits per heavy atom. The molecule has 3 N–H and O–H groups in total. The molecule has 96 valence electrons. The van der Waals surface area contributed by atoms with Gasteiger partial charge in [-0.25, -0.2) is 18.7 Å². The van der Waals surface area contributed by atoms with E-state index >= 15 is 0 Å². The third-order valence-electron chi connectivity index (χ3n) is 2.65. The van der Waals surface area contributed by atoms with Gasteiger partial charge in [0.15, 0.2) is 17.0 Å². The molecule has 0 fully saturated rings. The molecule has 3 rings (SSSR count). The summed E-state index contributed by atoms with van der Waals surface area (Å²) in [6, 6.07) is 3.34. The van der Waals surface area contributed by atoms with Gasteiger partial charge in [-0.3, -0.25) is 5.10 Å². The maximum absolute atomic E-state index is 13.1. The Hall–Kier alpha value is -2.57. The fraction of sp³-hybridized carbons (Fsp3) is 0.0833. The summed E-state index contributed by atoms with van der Waals surface area (Å²) in [4.78, 5) is 8.36. The third kappa shape index (κ3) is 2.22. The minimum atomic E-state index is -0.619. The van der Waals surface area contributed by atoms with Crippen molar-refractivity contribution in [1.82, 2.24) is 20.2 Å². The van der Waals surface area contributed by atoms with E-state index in [-0.39, 0.29) is 12.2 Å². The Kier molecular flexibility index (Phi) is 2.59. The van der Waals surface area contributed by atoms with Crippen molar-refractivity contribution in [1.29, 1.82) is 0 Å². The topological polar surface area (TPSA) is 80.5 Å². The van der Waals surface area contributed by atoms with Gasteiger partial charge in [0.25, 0.3) is 0 Å². The number of H-pyrrole nitrogens is 1. The van der Waals surface area contributed by atoms with Crippen LogP contribution >= 0.6 is 0 Å². The molecular weight excluding hydrogens is 252 g/mol. The van der Waals surface area contributed by atoms with Gasteiger partial charge in [0.05, 0.1) is 11.9 Å². The Balaban J connectivity index is 1.98. The van der Waals surface area contributed by atoms with Crippen LogP contribution in [0.5, 0.6) is 0 Å². The van der Waals surface area contributed by atoms with E-state index in [1.165, 1.54) is 18.3 Å². The lowest BCUT2D eigenvalue weighted by Crippen LogP contribution is -1.97. The Labute approximate surface area is 106 Å². The van der Waals surface area contributed by atoms with Crippen LogP contribution in [0.3, 0.4) is 0 Å². The highest BCUT2D eigenvalue weighted by molar-refractivity contribution is 5.81. The summed E-state index contributed by atoms with van der Waals surface area (Å²) in [6.07, 6.45) is 1.78. The van der Waals surface area contributed by atoms with Crippen LogP contribution in [0.15, 0.2) is 24.4 Å². The lowest BCUT2D eigenvalue weighted by atomic mass is 10.1. The first-order valence-corrected chi connectivity index (χ1v) is 5.52. The van der Waals surface area contributed by atoms with Crippen molar-refractivity contribution < 1.29 is 8.78 Å². The minimum Gasteiger partial charge on any atom is -0.380 e. The minimum absolute atomic E-state index is 0.245. The van der Waals surface area contributed by atoms with Crippen LogP contribution in [0.2, 0.25) is 0 Å². The Morgan fingerprint density at radius 2 is 1.89 bits per heavy atom. The molecule has 0 saturated heterocycles. The van der Waals surface area contributed by atoms with Crippen LogP contribution in [-0.4, -0.2) is 20.2 Å². The van der Waals surface area contributed by atoms with E-state index in [0.717, 1.165) is 6.07 Å². The van der Waals surface area contributed by atoms with Crippen LogP contribution in [0.4, 0.5) is 14.6 Å². The third-order valence-corrected chi connectivity index (χ3v) is 2.65. The number of nitrogens with one attached hydrogen (secondary N) is 1. The highest BCUT2D eigenvalue weighted by atomic mass is 19.1. The van der Waals surface area contributed by atoms with Crippen molar-refractivity contribution in [2.45, 2.75) is 6.42 Å². The summed E-state index contributed by atoms with van der Waals surface area (Å²) >= 11 is 0. The number of nitrogens with two attached hydrogens (primary N) is 1. The molecule has 7 heteroatoms. The molecule has 0 unspecified atom stereocenters. The number of hydrogen-bond acceptors (Lipinski definition) is 4. The zero-order valence-corrected chi connectivity index (χ0v) is 9.69. The number of rotatable bonds is 2. The number of hydrogen-bond donors (Lipinski definition) is 2. The zero-order valence-electron chi connectivity index (χ0n) is 9.69. The van der Waals surface area contributed by atoms with Crippen LogP contribution in [0.1, 0.15) is 11.3 Å². The Bertz CT molecular complexity index is 733. The summed E-state index contributed by atoms with van der Waals surface area (Å²) in [7, 11) is 0. The van der Waals surface area contributed by atoms with Gasteiger partial charge in [-0.1, -0.05) is 0 Å². The average Bonchev–Trinajstić information content (AvgIpc) is 2.70. The fourth-order valence-corrected chi connectivity index (χ4v) is 1.86. The number of aromatic nitrogens is 4. The van der Waals surface area contributed by atoms with E-state index in [1.54, 1.807) is 0 Å². The first-order valence-electron chi connectivity index (χ1n) is 5.52. The summed E-state index contributed by atoms with van der Waals surface area (Å²) in [5.74, 6) is -0.992. The molecule has 0 atom stereocenters. The normalized spacial score (nSPS) is 11.1. The molecule has 0 aliphatic heterocycles. The summed E-state index contributed by atoms with van der Waals surface area (Å²) < 4.78 is 26.2. The second-order valence-electron chi connectivity index (χ2n) is 4.12. The molecule has 0 radical (unpaired) electrons. The van der Waals surface area contributed by atoms with E-state index in [1.807, 2.05) is 0 Å².